The first-order valence-corrected chi connectivity index (χ1v) is 34.6. The van der Waals surface area contributed by atoms with E-state index in [9.17, 15) is 14.4 Å². The smallest absolute Gasteiger partial charge is 0.306 e. The normalized spacial score (nSPS) is 12.3. The van der Waals surface area contributed by atoms with E-state index in [1.54, 1.807) is 0 Å². The number of esters is 3. The van der Waals surface area contributed by atoms with Crippen LogP contribution in [0.5, 0.6) is 0 Å². The molecule has 1 atom stereocenters. The van der Waals surface area contributed by atoms with Crippen LogP contribution in [0.15, 0.2) is 48.6 Å². The second kappa shape index (κ2) is 66.9. The summed E-state index contributed by atoms with van der Waals surface area (Å²) in [6.07, 6.45) is 84.2. The van der Waals surface area contributed by atoms with Crippen LogP contribution in [-0.4, -0.2) is 37.2 Å². The molecule has 456 valence electrons. The SMILES string of the molecule is CCCCC/C=C\C/C=C\CCCCCCCC(=O)OCC(COC(=O)CCCCCCCCCCCCCCCCCCCCCCCCCC)OC(=O)CCCCCCCCCCC/C=C\C/C=C\CCCCCCC. The Bertz CT molecular complexity index is 1350. The number of unbranched alkanes of at least 4 members (excludes halogenated alkanes) is 45. The minimum absolute atomic E-state index is 0.0755. The summed E-state index contributed by atoms with van der Waals surface area (Å²) in [5.41, 5.74) is 0. The lowest BCUT2D eigenvalue weighted by molar-refractivity contribution is -0.167. The molecule has 78 heavy (non-hydrogen) atoms. The molecule has 0 radical (unpaired) electrons. The van der Waals surface area contributed by atoms with E-state index in [2.05, 4.69) is 69.4 Å². The summed E-state index contributed by atoms with van der Waals surface area (Å²) >= 11 is 0. The van der Waals surface area contributed by atoms with Gasteiger partial charge in [0.2, 0.25) is 0 Å². The fourth-order valence-electron chi connectivity index (χ4n) is 10.3. The summed E-state index contributed by atoms with van der Waals surface area (Å²) in [6, 6.07) is 0. The van der Waals surface area contributed by atoms with Crippen molar-refractivity contribution in [1.29, 1.82) is 0 Å². The predicted molar refractivity (Wildman–Crippen MR) is 339 cm³/mol. The zero-order valence-electron chi connectivity index (χ0n) is 52.5. The van der Waals surface area contributed by atoms with Gasteiger partial charge in [-0.2, -0.15) is 0 Å². The number of carbonyl (C=O) groups excluding carboxylic acids is 3. The highest BCUT2D eigenvalue weighted by Gasteiger charge is 2.19. The van der Waals surface area contributed by atoms with E-state index in [0.717, 1.165) is 83.5 Å². The third kappa shape index (κ3) is 64.2. The van der Waals surface area contributed by atoms with Gasteiger partial charge >= 0.3 is 17.9 Å². The Morgan fingerprint density at radius 2 is 0.462 bits per heavy atom. The van der Waals surface area contributed by atoms with Crippen LogP contribution in [-0.2, 0) is 28.6 Å². The lowest BCUT2D eigenvalue weighted by Gasteiger charge is -2.18. The Labute approximate surface area is 486 Å². The molecule has 0 fully saturated rings. The summed E-state index contributed by atoms with van der Waals surface area (Å²) in [5, 5.41) is 0. The highest BCUT2D eigenvalue weighted by atomic mass is 16.6. The molecule has 0 heterocycles. The van der Waals surface area contributed by atoms with Crippen molar-refractivity contribution >= 4 is 17.9 Å². The first-order valence-electron chi connectivity index (χ1n) is 34.6. The maximum Gasteiger partial charge on any atom is 0.306 e. The number of rotatable bonds is 64. The van der Waals surface area contributed by atoms with Crippen molar-refractivity contribution in [3.63, 3.8) is 0 Å². The van der Waals surface area contributed by atoms with Crippen molar-refractivity contribution in [2.75, 3.05) is 13.2 Å². The van der Waals surface area contributed by atoms with Crippen molar-refractivity contribution < 1.29 is 28.6 Å². The van der Waals surface area contributed by atoms with Crippen LogP contribution in [0.4, 0.5) is 0 Å². The van der Waals surface area contributed by atoms with Gasteiger partial charge in [-0.3, -0.25) is 14.4 Å². The van der Waals surface area contributed by atoms with Crippen molar-refractivity contribution in [1.82, 2.24) is 0 Å². The number of hydrogen-bond acceptors (Lipinski definition) is 6. The second-order valence-electron chi connectivity index (χ2n) is 23.4. The van der Waals surface area contributed by atoms with E-state index in [-0.39, 0.29) is 31.1 Å². The Morgan fingerprint density at radius 1 is 0.256 bits per heavy atom. The van der Waals surface area contributed by atoms with Crippen molar-refractivity contribution in [2.24, 2.45) is 0 Å². The minimum Gasteiger partial charge on any atom is -0.462 e. The Kier molecular flexibility index (Phi) is 64.6. The maximum absolute atomic E-state index is 12.9. The van der Waals surface area contributed by atoms with Gasteiger partial charge in [0.25, 0.3) is 0 Å². The molecule has 0 amide bonds. The van der Waals surface area contributed by atoms with Gasteiger partial charge in [-0.25, -0.2) is 0 Å². The van der Waals surface area contributed by atoms with Gasteiger partial charge in [-0.15, -0.1) is 0 Å². The highest BCUT2D eigenvalue weighted by molar-refractivity contribution is 5.71. The number of carbonyl (C=O) groups is 3. The highest BCUT2D eigenvalue weighted by Crippen LogP contribution is 2.18. The molecule has 0 aliphatic rings. The molecule has 0 aliphatic carbocycles. The van der Waals surface area contributed by atoms with Crippen LogP contribution < -0.4 is 0 Å². The fourth-order valence-corrected chi connectivity index (χ4v) is 10.3. The Hall–Kier alpha value is -2.63. The molecule has 0 aromatic carbocycles. The van der Waals surface area contributed by atoms with E-state index in [0.29, 0.717) is 19.3 Å². The molecule has 0 bridgehead atoms. The van der Waals surface area contributed by atoms with Crippen molar-refractivity contribution in [2.45, 2.75) is 380 Å². The second-order valence-corrected chi connectivity index (χ2v) is 23.4. The maximum atomic E-state index is 12.9. The van der Waals surface area contributed by atoms with Crippen molar-refractivity contribution in [3.8, 4) is 0 Å². The van der Waals surface area contributed by atoms with E-state index in [1.807, 2.05) is 0 Å². The van der Waals surface area contributed by atoms with Gasteiger partial charge in [0.1, 0.15) is 13.2 Å². The zero-order chi connectivity index (χ0) is 56.4. The average molecular weight is 1090 g/mol. The molecular formula is C72H132O6. The van der Waals surface area contributed by atoms with Gasteiger partial charge in [-0.05, 0) is 83.5 Å². The quantitative estimate of drug-likeness (QED) is 0.0261. The third-order valence-corrected chi connectivity index (χ3v) is 15.6. The van der Waals surface area contributed by atoms with E-state index < -0.39 is 6.10 Å². The predicted octanol–water partition coefficient (Wildman–Crippen LogP) is 23.7. The Balaban J connectivity index is 4.30. The monoisotopic (exact) mass is 1090 g/mol. The van der Waals surface area contributed by atoms with Gasteiger partial charge in [0.05, 0.1) is 0 Å². The van der Waals surface area contributed by atoms with Gasteiger partial charge < -0.3 is 14.2 Å². The molecule has 0 N–H and O–H groups in total. The topological polar surface area (TPSA) is 78.9 Å². The number of ether oxygens (including phenoxy) is 3. The zero-order valence-corrected chi connectivity index (χ0v) is 52.5. The molecule has 0 aromatic heterocycles. The standard InChI is InChI=1S/C72H132O6/c1-4-7-10-13-16-19-22-25-28-30-32-34-35-36-38-39-41-44-47-50-53-56-59-62-65-71(74)77-68-69(67-76-70(73)64-61-58-55-52-49-46-43-27-24-21-18-15-12-9-6-3)78-72(75)66-63-60-57-54-51-48-45-42-40-37-33-31-29-26-23-20-17-14-11-8-5-2/h18,21,23,26-27,31,33,43,69H,4-17,19-20,22,24-25,28-30,32,34-42,44-68H2,1-3H3/b21-18-,26-23-,33-31-,43-27-. The van der Waals surface area contributed by atoms with Crippen LogP contribution in [0, 0.1) is 0 Å². The van der Waals surface area contributed by atoms with Crippen LogP contribution >= 0.6 is 0 Å². The van der Waals surface area contributed by atoms with Crippen LogP contribution in [0.2, 0.25) is 0 Å². The van der Waals surface area contributed by atoms with Crippen LogP contribution in [0.3, 0.4) is 0 Å². The fraction of sp³-hybridized carbons (Fsp3) is 0.847. The molecule has 0 aliphatic heterocycles. The van der Waals surface area contributed by atoms with E-state index >= 15 is 0 Å². The summed E-state index contributed by atoms with van der Waals surface area (Å²) < 4.78 is 17.0. The van der Waals surface area contributed by atoms with Crippen LogP contribution in [0.25, 0.3) is 0 Å². The molecule has 0 spiro atoms. The summed E-state index contributed by atoms with van der Waals surface area (Å²) in [4.78, 5) is 38.4. The minimum atomic E-state index is -0.781. The first kappa shape index (κ1) is 75.4. The number of allylic oxidation sites excluding steroid dienone is 8. The third-order valence-electron chi connectivity index (χ3n) is 15.6. The lowest BCUT2D eigenvalue weighted by atomic mass is 10.0. The average Bonchev–Trinajstić information content (AvgIpc) is 3.44. The Morgan fingerprint density at radius 3 is 0.731 bits per heavy atom. The van der Waals surface area contributed by atoms with Crippen molar-refractivity contribution in [3.05, 3.63) is 48.6 Å². The molecule has 0 saturated carbocycles. The molecule has 0 rings (SSSR count). The summed E-state index contributed by atoms with van der Waals surface area (Å²) in [5.74, 6) is -0.869. The first-order chi connectivity index (χ1) is 38.5. The molecule has 1 unspecified atom stereocenters. The molecule has 6 heteroatoms. The summed E-state index contributed by atoms with van der Waals surface area (Å²) in [6.45, 7) is 6.65. The molecule has 6 nitrogen and oxygen atoms in total. The molecular weight excluding hydrogens is 961 g/mol. The van der Waals surface area contributed by atoms with Crippen LogP contribution in [0.1, 0.15) is 374 Å². The van der Waals surface area contributed by atoms with Gasteiger partial charge in [0.15, 0.2) is 6.10 Å². The van der Waals surface area contributed by atoms with E-state index in [1.165, 1.54) is 250 Å². The number of hydrogen-bond donors (Lipinski definition) is 0. The van der Waals surface area contributed by atoms with E-state index in [4.69, 9.17) is 14.2 Å². The lowest BCUT2D eigenvalue weighted by Crippen LogP contribution is -2.30. The largest absolute Gasteiger partial charge is 0.462 e. The van der Waals surface area contributed by atoms with Gasteiger partial charge in [0, 0.05) is 19.3 Å². The van der Waals surface area contributed by atoms with Gasteiger partial charge in [-0.1, -0.05) is 320 Å². The molecule has 0 aromatic rings. The summed E-state index contributed by atoms with van der Waals surface area (Å²) in [7, 11) is 0. The molecule has 0 saturated heterocycles.